The van der Waals surface area contributed by atoms with E-state index in [9.17, 15) is 9.90 Å². The van der Waals surface area contributed by atoms with Crippen molar-refractivity contribution in [3.63, 3.8) is 0 Å². The number of rotatable bonds is 3. The number of amides is 1. The molecule has 4 heteroatoms. The molecule has 96 valence electrons. The van der Waals surface area contributed by atoms with Gasteiger partial charge in [-0.15, -0.1) is 0 Å². The van der Waals surface area contributed by atoms with E-state index in [0.717, 1.165) is 32.1 Å². The lowest BCUT2D eigenvalue weighted by atomic mass is 9.43. The number of hydrogen-bond acceptors (Lipinski definition) is 3. The SMILES string of the molecule is O=C(CC12C[C@@H]3C[C@@H](CC(CO)(C3)C1)C2)NO. The molecule has 0 aliphatic heterocycles. The Morgan fingerprint density at radius 2 is 1.76 bits per heavy atom. The molecule has 0 aromatic carbocycles. The summed E-state index contributed by atoms with van der Waals surface area (Å²) in [5, 5.41) is 18.4. The molecule has 0 aromatic heterocycles. The van der Waals surface area contributed by atoms with Crippen LogP contribution in [0, 0.1) is 22.7 Å². The van der Waals surface area contributed by atoms with Crippen molar-refractivity contribution < 1.29 is 15.1 Å². The summed E-state index contributed by atoms with van der Waals surface area (Å²) in [6, 6.07) is 0. The van der Waals surface area contributed by atoms with Gasteiger partial charge < -0.3 is 5.11 Å². The van der Waals surface area contributed by atoms with E-state index in [4.69, 9.17) is 5.21 Å². The third kappa shape index (κ3) is 1.78. The summed E-state index contributed by atoms with van der Waals surface area (Å²) >= 11 is 0. The second-order valence-electron chi connectivity index (χ2n) is 6.83. The van der Waals surface area contributed by atoms with Crippen LogP contribution in [-0.4, -0.2) is 22.8 Å². The molecule has 2 unspecified atom stereocenters. The molecule has 0 saturated heterocycles. The molecule has 4 nitrogen and oxygen atoms in total. The molecule has 4 aliphatic carbocycles. The highest BCUT2D eigenvalue weighted by molar-refractivity contribution is 5.75. The van der Waals surface area contributed by atoms with E-state index in [1.807, 2.05) is 0 Å². The molecule has 0 heterocycles. The Balaban J connectivity index is 1.84. The Morgan fingerprint density at radius 3 is 2.29 bits per heavy atom. The molecule has 3 N–H and O–H groups in total. The van der Waals surface area contributed by atoms with Crippen molar-refractivity contribution in [2.45, 2.75) is 44.9 Å². The van der Waals surface area contributed by atoms with E-state index in [2.05, 4.69) is 0 Å². The van der Waals surface area contributed by atoms with Crippen LogP contribution in [0.5, 0.6) is 0 Å². The summed E-state index contributed by atoms with van der Waals surface area (Å²) in [7, 11) is 0. The smallest absolute Gasteiger partial charge is 0.243 e. The zero-order valence-corrected chi connectivity index (χ0v) is 10.1. The van der Waals surface area contributed by atoms with Crippen LogP contribution in [0.3, 0.4) is 0 Å². The maximum atomic E-state index is 11.5. The number of aliphatic hydroxyl groups excluding tert-OH is 1. The monoisotopic (exact) mass is 239 g/mol. The van der Waals surface area contributed by atoms with E-state index in [-0.39, 0.29) is 23.3 Å². The third-order valence-corrected chi connectivity index (χ3v) is 5.30. The average Bonchev–Trinajstić information content (AvgIpc) is 2.26. The number of hydrogen-bond donors (Lipinski definition) is 3. The number of aliphatic hydroxyl groups is 1. The highest BCUT2D eigenvalue weighted by Gasteiger charge is 2.57. The molecular formula is C13H21NO3. The maximum Gasteiger partial charge on any atom is 0.243 e. The molecule has 17 heavy (non-hydrogen) atoms. The summed E-state index contributed by atoms with van der Waals surface area (Å²) in [5.41, 5.74) is 1.91. The molecule has 4 bridgehead atoms. The van der Waals surface area contributed by atoms with Crippen LogP contribution in [0.15, 0.2) is 0 Å². The molecular weight excluding hydrogens is 218 g/mol. The Bertz CT molecular complexity index is 328. The molecule has 4 atom stereocenters. The first kappa shape index (κ1) is 11.5. The molecule has 0 radical (unpaired) electrons. The van der Waals surface area contributed by atoms with Crippen LogP contribution >= 0.6 is 0 Å². The van der Waals surface area contributed by atoms with Crippen molar-refractivity contribution in [1.29, 1.82) is 0 Å². The average molecular weight is 239 g/mol. The van der Waals surface area contributed by atoms with E-state index < -0.39 is 0 Å². The largest absolute Gasteiger partial charge is 0.396 e. The molecule has 0 aromatic rings. The minimum absolute atomic E-state index is 0.0552. The number of hydroxylamine groups is 1. The lowest BCUT2D eigenvalue weighted by Crippen LogP contribution is -2.54. The van der Waals surface area contributed by atoms with Gasteiger partial charge in [0.1, 0.15) is 0 Å². The zero-order valence-electron chi connectivity index (χ0n) is 10.1. The van der Waals surface area contributed by atoms with E-state index in [1.165, 1.54) is 6.42 Å². The van der Waals surface area contributed by atoms with Crippen molar-refractivity contribution >= 4 is 5.91 Å². The van der Waals surface area contributed by atoms with Crippen LogP contribution in [0.2, 0.25) is 0 Å². The van der Waals surface area contributed by atoms with Gasteiger partial charge in [0, 0.05) is 13.0 Å². The minimum atomic E-state index is -0.264. The first-order valence-electron chi connectivity index (χ1n) is 6.63. The molecule has 4 saturated carbocycles. The summed E-state index contributed by atoms with van der Waals surface area (Å²) < 4.78 is 0. The Hall–Kier alpha value is -0.610. The van der Waals surface area contributed by atoms with Crippen molar-refractivity contribution in [1.82, 2.24) is 5.48 Å². The number of nitrogens with one attached hydrogen (secondary N) is 1. The Morgan fingerprint density at radius 1 is 1.18 bits per heavy atom. The van der Waals surface area contributed by atoms with Gasteiger partial charge in [-0.25, -0.2) is 5.48 Å². The number of carbonyl (C=O) groups excluding carboxylic acids is 1. The fourth-order valence-electron chi connectivity index (χ4n) is 5.42. The van der Waals surface area contributed by atoms with E-state index in [1.54, 1.807) is 5.48 Å². The first-order chi connectivity index (χ1) is 8.09. The third-order valence-electron chi connectivity index (χ3n) is 5.30. The fourth-order valence-corrected chi connectivity index (χ4v) is 5.42. The molecule has 4 rings (SSSR count). The van der Waals surface area contributed by atoms with Gasteiger partial charge in [0.05, 0.1) is 0 Å². The standard InChI is InChI=1S/C13H21NO3/c15-8-13-4-9-1-10(5-13)3-12(2-9,7-13)6-11(16)14-17/h9-10,15,17H,1-8H2,(H,14,16)/t9-,10+,12?,13?. The van der Waals surface area contributed by atoms with Gasteiger partial charge in [-0.2, -0.15) is 0 Å². The lowest BCUT2D eigenvalue weighted by molar-refractivity contribution is -0.151. The predicted molar refractivity (Wildman–Crippen MR) is 61.2 cm³/mol. The first-order valence-corrected chi connectivity index (χ1v) is 6.63. The fraction of sp³-hybridized carbons (Fsp3) is 0.923. The van der Waals surface area contributed by atoms with Crippen LogP contribution in [0.4, 0.5) is 0 Å². The quantitative estimate of drug-likeness (QED) is 0.516. The topological polar surface area (TPSA) is 69.6 Å². The van der Waals surface area contributed by atoms with Gasteiger partial charge in [-0.3, -0.25) is 10.0 Å². The molecule has 4 aliphatic rings. The van der Waals surface area contributed by atoms with Crippen LogP contribution < -0.4 is 5.48 Å². The van der Waals surface area contributed by atoms with Gasteiger partial charge >= 0.3 is 0 Å². The summed E-state index contributed by atoms with van der Waals surface area (Å²) in [6.07, 6.45) is 7.18. The van der Waals surface area contributed by atoms with Gasteiger partial charge in [-0.1, -0.05) is 0 Å². The van der Waals surface area contributed by atoms with Crippen molar-refractivity contribution in [3.8, 4) is 0 Å². The van der Waals surface area contributed by atoms with Crippen LogP contribution in [0.25, 0.3) is 0 Å². The van der Waals surface area contributed by atoms with Crippen molar-refractivity contribution in [2.75, 3.05) is 6.61 Å². The summed E-state index contributed by atoms with van der Waals surface area (Å²) in [4.78, 5) is 11.5. The van der Waals surface area contributed by atoms with Gasteiger partial charge in [0.2, 0.25) is 5.91 Å². The van der Waals surface area contributed by atoms with Crippen LogP contribution in [-0.2, 0) is 4.79 Å². The van der Waals surface area contributed by atoms with Gasteiger partial charge in [-0.05, 0) is 61.2 Å². The normalized spacial score (nSPS) is 47.2. The second kappa shape index (κ2) is 3.69. The van der Waals surface area contributed by atoms with E-state index in [0.29, 0.717) is 18.3 Å². The second-order valence-corrected chi connectivity index (χ2v) is 6.83. The van der Waals surface area contributed by atoms with Gasteiger partial charge in [0.15, 0.2) is 0 Å². The van der Waals surface area contributed by atoms with Gasteiger partial charge in [0.25, 0.3) is 0 Å². The van der Waals surface area contributed by atoms with Crippen molar-refractivity contribution in [3.05, 3.63) is 0 Å². The summed E-state index contributed by atoms with van der Waals surface area (Å²) in [6.45, 7) is 0.266. The Kier molecular flexibility index (Phi) is 2.49. The van der Waals surface area contributed by atoms with Crippen LogP contribution in [0.1, 0.15) is 44.9 Å². The summed E-state index contributed by atoms with van der Waals surface area (Å²) in [5.74, 6) is 1.12. The maximum absolute atomic E-state index is 11.5. The number of carbonyl (C=O) groups is 1. The highest BCUT2D eigenvalue weighted by atomic mass is 16.5. The van der Waals surface area contributed by atoms with E-state index >= 15 is 0 Å². The van der Waals surface area contributed by atoms with Crippen molar-refractivity contribution in [2.24, 2.45) is 22.7 Å². The molecule has 4 fully saturated rings. The minimum Gasteiger partial charge on any atom is -0.396 e. The zero-order chi connectivity index (χ0) is 12.1. The molecule has 1 amide bonds. The Labute approximate surface area is 101 Å². The predicted octanol–water partition coefficient (Wildman–Crippen LogP) is 1.46. The highest BCUT2D eigenvalue weighted by Crippen LogP contribution is 2.66. The lowest BCUT2D eigenvalue weighted by Gasteiger charge is -2.61. The molecule has 0 spiro atoms.